The maximum absolute atomic E-state index is 12.8. The predicted octanol–water partition coefficient (Wildman–Crippen LogP) is 6.00. The first-order chi connectivity index (χ1) is 14.5. The molecule has 1 unspecified atom stereocenters. The van der Waals surface area contributed by atoms with Gasteiger partial charge in [0.05, 0.1) is 5.69 Å². The van der Waals surface area contributed by atoms with Crippen molar-refractivity contribution in [3.63, 3.8) is 0 Å². The van der Waals surface area contributed by atoms with Gasteiger partial charge in [0.25, 0.3) is 0 Å². The third-order valence-electron chi connectivity index (χ3n) is 5.48. The Bertz CT molecular complexity index is 1170. The van der Waals surface area contributed by atoms with Crippen LogP contribution in [0.3, 0.4) is 0 Å². The van der Waals surface area contributed by atoms with Gasteiger partial charge in [0.2, 0.25) is 0 Å². The lowest BCUT2D eigenvalue weighted by molar-refractivity contribution is -0.141. The molecule has 0 amide bonds. The molecule has 5 rings (SSSR count). The number of aromatic nitrogens is 2. The van der Waals surface area contributed by atoms with E-state index in [1.807, 2.05) is 23.5 Å². The lowest BCUT2D eigenvalue weighted by Crippen LogP contribution is -2.12. The second kappa shape index (κ2) is 7.49. The fourth-order valence-electron chi connectivity index (χ4n) is 3.99. The molecule has 0 fully saturated rings. The molecule has 0 spiro atoms. The number of fused-ring (bicyclic) bond motifs is 2. The number of thiophene rings is 1. The molecule has 30 heavy (non-hydrogen) atoms. The first-order valence-electron chi connectivity index (χ1n) is 9.72. The van der Waals surface area contributed by atoms with E-state index in [0.717, 1.165) is 36.7 Å². The average Bonchev–Trinajstić information content (AvgIpc) is 3.06. The van der Waals surface area contributed by atoms with Crippen LogP contribution in [0.5, 0.6) is 0 Å². The molecule has 0 saturated carbocycles. The molecule has 1 atom stereocenters. The summed E-state index contributed by atoms with van der Waals surface area (Å²) in [6.45, 7) is 1.63. The summed E-state index contributed by atoms with van der Waals surface area (Å²) in [7, 11) is 0. The number of benzene rings is 2. The quantitative estimate of drug-likeness (QED) is 0.428. The maximum Gasteiger partial charge on any atom is 0.435 e. The highest BCUT2D eigenvalue weighted by molar-refractivity contribution is 7.19. The first-order valence-corrected chi connectivity index (χ1v) is 10.5. The van der Waals surface area contributed by atoms with E-state index in [4.69, 9.17) is 0 Å². The summed E-state index contributed by atoms with van der Waals surface area (Å²) in [6, 6.07) is 19.1. The van der Waals surface area contributed by atoms with Crippen LogP contribution in [0.2, 0.25) is 0 Å². The molecular formula is C23H18F3N3S. The van der Waals surface area contributed by atoms with Crippen molar-refractivity contribution in [1.29, 1.82) is 0 Å². The molecule has 0 aliphatic carbocycles. The van der Waals surface area contributed by atoms with Crippen molar-refractivity contribution in [3.05, 3.63) is 82.4 Å². The van der Waals surface area contributed by atoms with Gasteiger partial charge >= 0.3 is 6.18 Å². The van der Waals surface area contributed by atoms with Crippen LogP contribution in [0.1, 0.15) is 34.0 Å². The van der Waals surface area contributed by atoms with Crippen LogP contribution in [-0.2, 0) is 12.7 Å². The van der Waals surface area contributed by atoms with Gasteiger partial charge in [-0.3, -0.25) is 0 Å². The number of rotatable bonds is 2. The smallest absolute Gasteiger partial charge is 0.313 e. The Labute approximate surface area is 175 Å². The van der Waals surface area contributed by atoms with Crippen LogP contribution in [0, 0.1) is 0 Å². The van der Waals surface area contributed by atoms with E-state index >= 15 is 0 Å². The number of nitrogens with zero attached hydrogens (tertiary/aromatic N) is 2. The van der Waals surface area contributed by atoms with Crippen LogP contribution in [0.4, 0.5) is 13.2 Å². The Morgan fingerprint density at radius 3 is 2.60 bits per heavy atom. The molecule has 0 bridgehead atoms. The van der Waals surface area contributed by atoms with Crippen molar-refractivity contribution in [2.24, 2.45) is 0 Å². The van der Waals surface area contributed by atoms with Crippen molar-refractivity contribution in [2.45, 2.75) is 25.1 Å². The van der Waals surface area contributed by atoms with Gasteiger partial charge in [-0.25, -0.2) is 0 Å². The monoisotopic (exact) mass is 425 g/mol. The second-order valence-corrected chi connectivity index (χ2v) is 8.54. The van der Waals surface area contributed by atoms with E-state index in [2.05, 4.69) is 51.9 Å². The lowest BCUT2D eigenvalue weighted by atomic mass is 9.89. The molecule has 4 aromatic rings. The zero-order valence-corrected chi connectivity index (χ0v) is 16.7. The molecule has 1 aliphatic heterocycles. The molecule has 2 aromatic carbocycles. The highest BCUT2D eigenvalue weighted by Crippen LogP contribution is 2.39. The van der Waals surface area contributed by atoms with E-state index in [0.29, 0.717) is 11.6 Å². The highest BCUT2D eigenvalue weighted by Gasteiger charge is 2.33. The average molecular weight is 425 g/mol. The van der Waals surface area contributed by atoms with Crippen LogP contribution >= 0.6 is 11.3 Å². The van der Waals surface area contributed by atoms with Crippen LogP contribution in [0.25, 0.3) is 21.3 Å². The van der Waals surface area contributed by atoms with Gasteiger partial charge in [0, 0.05) is 27.6 Å². The molecule has 7 heteroatoms. The summed E-state index contributed by atoms with van der Waals surface area (Å²) in [5.41, 5.74) is 2.64. The van der Waals surface area contributed by atoms with Crippen molar-refractivity contribution in [1.82, 2.24) is 15.5 Å². The van der Waals surface area contributed by atoms with Gasteiger partial charge in [-0.05, 0) is 59.8 Å². The van der Waals surface area contributed by atoms with Gasteiger partial charge in [0.15, 0.2) is 5.69 Å². The van der Waals surface area contributed by atoms with Crippen molar-refractivity contribution in [2.75, 3.05) is 6.54 Å². The summed E-state index contributed by atoms with van der Waals surface area (Å²) in [5, 5.41) is 11.9. The van der Waals surface area contributed by atoms with Crippen LogP contribution in [0.15, 0.2) is 60.7 Å². The van der Waals surface area contributed by atoms with E-state index < -0.39 is 11.9 Å². The Morgan fingerprint density at radius 1 is 0.967 bits per heavy atom. The molecule has 0 saturated heterocycles. The molecular weight excluding hydrogens is 407 g/mol. The van der Waals surface area contributed by atoms with E-state index in [1.54, 1.807) is 0 Å². The Morgan fingerprint density at radius 2 is 1.83 bits per heavy atom. The van der Waals surface area contributed by atoms with Crippen LogP contribution < -0.4 is 5.32 Å². The van der Waals surface area contributed by atoms with E-state index in [1.165, 1.54) is 26.6 Å². The molecule has 3 heterocycles. The summed E-state index contributed by atoms with van der Waals surface area (Å²) in [4.78, 5) is 1.34. The predicted molar refractivity (Wildman–Crippen MR) is 112 cm³/mol. The van der Waals surface area contributed by atoms with E-state index in [9.17, 15) is 13.2 Å². The molecule has 2 aromatic heterocycles. The third kappa shape index (κ3) is 3.59. The summed E-state index contributed by atoms with van der Waals surface area (Å²) >= 11 is 1.82. The number of nitrogens with one attached hydrogen (secondary N) is 1. The lowest BCUT2D eigenvalue weighted by Gasteiger charge is -2.17. The number of halogens is 3. The summed E-state index contributed by atoms with van der Waals surface area (Å²) in [6.07, 6.45) is -3.49. The van der Waals surface area contributed by atoms with Gasteiger partial charge in [-0.15, -0.1) is 21.5 Å². The Kier molecular flexibility index (Phi) is 4.79. The maximum atomic E-state index is 12.8. The summed E-state index contributed by atoms with van der Waals surface area (Å²) < 4.78 is 39.6. The minimum atomic E-state index is -4.49. The van der Waals surface area contributed by atoms with Gasteiger partial charge in [0.1, 0.15) is 0 Å². The second-order valence-electron chi connectivity index (χ2n) is 7.42. The van der Waals surface area contributed by atoms with Crippen molar-refractivity contribution in [3.8, 4) is 11.3 Å². The Balaban J connectivity index is 1.52. The van der Waals surface area contributed by atoms with Crippen molar-refractivity contribution >= 4 is 21.4 Å². The van der Waals surface area contributed by atoms with E-state index in [-0.39, 0.29) is 0 Å². The largest absolute Gasteiger partial charge is 0.435 e. The SMILES string of the molecule is FC(F)(F)c1ccc(-c2ccc3c(c2)CNCCC3c2cc3ccccc3s2)nn1. The number of hydrogen-bond acceptors (Lipinski definition) is 4. The van der Waals surface area contributed by atoms with Crippen molar-refractivity contribution < 1.29 is 13.2 Å². The molecule has 1 aliphatic rings. The number of alkyl halides is 3. The molecule has 1 N–H and O–H groups in total. The van der Waals surface area contributed by atoms with Gasteiger partial charge in [-0.2, -0.15) is 13.2 Å². The fourth-order valence-corrected chi connectivity index (χ4v) is 5.21. The fraction of sp³-hybridized carbons (Fsp3) is 0.217. The first kappa shape index (κ1) is 19.2. The standard InChI is InChI=1S/C23H18F3N3S/c24-23(25,26)22-8-7-19(28-29-22)14-5-6-17-16(11-14)13-27-10-9-18(17)21-12-15-3-1-2-4-20(15)30-21/h1-8,11-12,18,27H,9-10,13H2. The minimum absolute atomic E-state index is 0.292. The normalized spacial score (nSPS) is 17.0. The molecule has 3 nitrogen and oxygen atoms in total. The zero-order valence-electron chi connectivity index (χ0n) is 15.9. The number of hydrogen-bond donors (Lipinski definition) is 1. The molecule has 0 radical (unpaired) electrons. The summed E-state index contributed by atoms with van der Waals surface area (Å²) in [5.74, 6) is 0.292. The highest BCUT2D eigenvalue weighted by atomic mass is 32.1. The van der Waals surface area contributed by atoms with Crippen LogP contribution in [-0.4, -0.2) is 16.7 Å². The van der Waals surface area contributed by atoms with Gasteiger partial charge in [-0.1, -0.05) is 30.3 Å². The Hall–Kier alpha value is -2.77. The minimum Gasteiger partial charge on any atom is -0.313 e. The zero-order chi connectivity index (χ0) is 20.7. The third-order valence-corrected chi connectivity index (χ3v) is 6.71. The topological polar surface area (TPSA) is 37.8 Å². The van der Waals surface area contributed by atoms with Gasteiger partial charge < -0.3 is 5.32 Å². The molecule has 152 valence electrons.